The van der Waals surface area contributed by atoms with Crippen molar-refractivity contribution in [1.29, 1.82) is 0 Å². The molecule has 9 heteroatoms. The van der Waals surface area contributed by atoms with Gasteiger partial charge in [-0.3, -0.25) is 19.5 Å². The summed E-state index contributed by atoms with van der Waals surface area (Å²) < 4.78 is 0. The largest absolute Gasteiger partial charge is 0.343 e. The van der Waals surface area contributed by atoms with E-state index in [9.17, 15) is 9.59 Å². The molecule has 0 aliphatic heterocycles. The number of benzene rings is 2. The predicted molar refractivity (Wildman–Crippen MR) is 144 cm³/mol. The molecule has 0 fully saturated rings. The number of fused-ring (bicyclic) bond motifs is 1. The second-order valence-corrected chi connectivity index (χ2v) is 8.83. The number of para-hydroxylation sites is 1. The molecule has 0 saturated heterocycles. The summed E-state index contributed by atoms with van der Waals surface area (Å²) in [4.78, 5) is 32.5. The molecule has 0 saturated carbocycles. The van der Waals surface area contributed by atoms with Crippen molar-refractivity contribution in [1.82, 2.24) is 15.2 Å². The van der Waals surface area contributed by atoms with E-state index < -0.39 is 12.1 Å². The SMILES string of the molecule is NCCN(CN)CCC[C@H](N)C(=O)N[C@H](CCc1ccccc1)C(=O)Nc1cnc2ccccc2c1. The maximum Gasteiger partial charge on any atom is 0.247 e. The van der Waals surface area contributed by atoms with Crippen molar-refractivity contribution >= 4 is 28.4 Å². The van der Waals surface area contributed by atoms with Crippen LogP contribution in [0.2, 0.25) is 0 Å². The van der Waals surface area contributed by atoms with E-state index in [0.717, 1.165) is 16.5 Å². The number of pyridine rings is 1. The third-order valence-electron chi connectivity index (χ3n) is 6.09. The molecule has 0 bridgehead atoms. The summed E-state index contributed by atoms with van der Waals surface area (Å²) in [5, 5.41) is 6.69. The van der Waals surface area contributed by atoms with Gasteiger partial charge in [0, 0.05) is 25.1 Å². The number of carbonyl (C=O) groups is 2. The van der Waals surface area contributed by atoms with Crippen LogP contribution >= 0.6 is 0 Å². The summed E-state index contributed by atoms with van der Waals surface area (Å²) in [6, 6.07) is 17.9. The summed E-state index contributed by atoms with van der Waals surface area (Å²) >= 11 is 0. The number of amides is 2. The molecule has 2 aromatic carbocycles. The molecule has 0 aliphatic carbocycles. The molecule has 2 amide bonds. The Kier molecular flexibility index (Phi) is 10.8. The van der Waals surface area contributed by atoms with Crippen molar-refractivity contribution in [2.24, 2.45) is 17.2 Å². The minimum atomic E-state index is -0.743. The predicted octanol–water partition coefficient (Wildman–Crippen LogP) is 1.58. The lowest BCUT2D eigenvalue weighted by Crippen LogP contribution is -2.50. The maximum atomic E-state index is 13.2. The molecule has 9 nitrogen and oxygen atoms in total. The molecule has 36 heavy (non-hydrogen) atoms. The Morgan fingerprint density at radius 2 is 1.69 bits per heavy atom. The lowest BCUT2D eigenvalue weighted by atomic mass is 10.0. The normalized spacial score (nSPS) is 12.9. The number of aromatic nitrogens is 1. The van der Waals surface area contributed by atoms with Crippen LogP contribution in [0.4, 0.5) is 5.69 Å². The highest BCUT2D eigenvalue weighted by Gasteiger charge is 2.24. The van der Waals surface area contributed by atoms with Crippen molar-refractivity contribution in [3.63, 3.8) is 0 Å². The summed E-state index contributed by atoms with van der Waals surface area (Å²) in [5.74, 6) is -0.654. The molecule has 1 aromatic heterocycles. The van der Waals surface area contributed by atoms with Gasteiger partial charge < -0.3 is 27.8 Å². The Morgan fingerprint density at radius 3 is 2.44 bits per heavy atom. The third-order valence-corrected chi connectivity index (χ3v) is 6.09. The van der Waals surface area contributed by atoms with E-state index in [-0.39, 0.29) is 11.8 Å². The van der Waals surface area contributed by atoms with Crippen molar-refractivity contribution in [2.45, 2.75) is 37.8 Å². The van der Waals surface area contributed by atoms with Crippen LogP contribution in [0.3, 0.4) is 0 Å². The van der Waals surface area contributed by atoms with Gasteiger partial charge in [-0.15, -0.1) is 0 Å². The Bertz CT molecular complexity index is 1110. The zero-order chi connectivity index (χ0) is 25.8. The van der Waals surface area contributed by atoms with E-state index in [1.165, 1.54) is 0 Å². The van der Waals surface area contributed by atoms with Crippen LogP contribution in [0.5, 0.6) is 0 Å². The van der Waals surface area contributed by atoms with Gasteiger partial charge in [0.05, 0.1) is 23.4 Å². The number of hydrogen-bond donors (Lipinski definition) is 5. The average Bonchev–Trinajstić information content (AvgIpc) is 2.90. The lowest BCUT2D eigenvalue weighted by Gasteiger charge is -2.22. The van der Waals surface area contributed by atoms with E-state index in [1.807, 2.05) is 65.6 Å². The smallest absolute Gasteiger partial charge is 0.247 e. The fourth-order valence-corrected chi connectivity index (χ4v) is 4.01. The van der Waals surface area contributed by atoms with Gasteiger partial charge in [-0.25, -0.2) is 0 Å². The van der Waals surface area contributed by atoms with Gasteiger partial charge in [0.25, 0.3) is 0 Å². The van der Waals surface area contributed by atoms with Crippen LogP contribution in [0, 0.1) is 0 Å². The van der Waals surface area contributed by atoms with Gasteiger partial charge in [0.2, 0.25) is 11.8 Å². The second-order valence-electron chi connectivity index (χ2n) is 8.83. The molecule has 1 heterocycles. The molecule has 0 aliphatic rings. The van der Waals surface area contributed by atoms with Crippen molar-refractivity contribution < 1.29 is 9.59 Å². The zero-order valence-electron chi connectivity index (χ0n) is 20.6. The highest BCUT2D eigenvalue weighted by atomic mass is 16.2. The minimum absolute atomic E-state index is 0.305. The molecule has 3 rings (SSSR count). The van der Waals surface area contributed by atoms with Gasteiger partial charge in [-0.05, 0) is 49.9 Å². The van der Waals surface area contributed by atoms with E-state index >= 15 is 0 Å². The lowest BCUT2D eigenvalue weighted by molar-refractivity contribution is -0.127. The molecule has 3 aromatic rings. The van der Waals surface area contributed by atoms with Crippen LogP contribution in [0.1, 0.15) is 24.8 Å². The molecule has 2 atom stereocenters. The number of nitrogens with two attached hydrogens (primary N) is 3. The Labute approximate surface area is 212 Å². The maximum absolute atomic E-state index is 13.2. The van der Waals surface area contributed by atoms with Crippen LogP contribution in [0.25, 0.3) is 10.9 Å². The Hall–Kier alpha value is -3.37. The van der Waals surface area contributed by atoms with Crippen molar-refractivity contribution in [2.75, 3.05) is 31.6 Å². The Morgan fingerprint density at radius 1 is 0.944 bits per heavy atom. The topological polar surface area (TPSA) is 152 Å². The summed E-state index contributed by atoms with van der Waals surface area (Å²) in [7, 11) is 0. The first-order valence-corrected chi connectivity index (χ1v) is 12.4. The Balaban J connectivity index is 1.63. The van der Waals surface area contributed by atoms with Crippen LogP contribution in [-0.2, 0) is 16.0 Å². The first-order chi connectivity index (χ1) is 17.5. The quantitative estimate of drug-likeness (QED) is 0.215. The van der Waals surface area contributed by atoms with Crippen LogP contribution in [-0.4, -0.2) is 60.1 Å². The zero-order valence-corrected chi connectivity index (χ0v) is 20.6. The monoisotopic (exact) mass is 491 g/mol. The molecule has 8 N–H and O–H groups in total. The highest BCUT2D eigenvalue weighted by molar-refractivity contribution is 5.98. The average molecular weight is 492 g/mol. The van der Waals surface area contributed by atoms with Gasteiger partial charge in [0.15, 0.2) is 0 Å². The fourth-order valence-electron chi connectivity index (χ4n) is 4.01. The van der Waals surface area contributed by atoms with Crippen molar-refractivity contribution in [3.8, 4) is 0 Å². The number of hydrogen-bond acceptors (Lipinski definition) is 7. The van der Waals surface area contributed by atoms with E-state index in [2.05, 4.69) is 15.6 Å². The highest BCUT2D eigenvalue weighted by Crippen LogP contribution is 2.17. The first-order valence-electron chi connectivity index (χ1n) is 12.4. The van der Waals surface area contributed by atoms with Gasteiger partial charge >= 0.3 is 0 Å². The minimum Gasteiger partial charge on any atom is -0.343 e. The number of nitrogens with zero attached hydrogens (tertiary/aromatic N) is 2. The van der Waals surface area contributed by atoms with E-state index in [4.69, 9.17) is 17.2 Å². The summed E-state index contributed by atoms with van der Waals surface area (Å²) in [5.41, 5.74) is 20.0. The van der Waals surface area contributed by atoms with Crippen molar-refractivity contribution in [3.05, 3.63) is 72.4 Å². The molecular weight excluding hydrogens is 454 g/mol. The van der Waals surface area contributed by atoms with E-state index in [0.29, 0.717) is 57.7 Å². The van der Waals surface area contributed by atoms with Gasteiger partial charge in [0.1, 0.15) is 6.04 Å². The standard InChI is InChI=1S/C27H37N7O2/c28-14-16-34(19-29)15-6-10-23(30)26(35)33-25(13-12-20-7-2-1-3-8-20)27(36)32-22-17-21-9-4-5-11-24(21)31-18-22/h1-5,7-9,11,17-18,23,25H,6,10,12-16,19,28-30H2,(H,32,36)(H,33,35)/t23-,25+/m0/s1. The number of rotatable bonds is 14. The van der Waals surface area contributed by atoms with Crippen LogP contribution < -0.4 is 27.8 Å². The second kappa shape index (κ2) is 14.3. The molecule has 0 radical (unpaired) electrons. The van der Waals surface area contributed by atoms with Gasteiger partial charge in [-0.2, -0.15) is 0 Å². The number of anilines is 1. The molecule has 0 unspecified atom stereocenters. The third kappa shape index (κ3) is 8.39. The van der Waals surface area contributed by atoms with Gasteiger partial charge in [-0.1, -0.05) is 48.5 Å². The number of nitrogens with one attached hydrogen (secondary N) is 2. The molecular formula is C27H37N7O2. The fraction of sp³-hybridized carbons (Fsp3) is 0.370. The molecule has 0 spiro atoms. The number of aryl methyl sites for hydroxylation is 1. The summed E-state index contributed by atoms with van der Waals surface area (Å²) in [6.45, 7) is 2.34. The number of carbonyl (C=O) groups excluding carboxylic acids is 2. The first kappa shape index (κ1) is 27.2. The van der Waals surface area contributed by atoms with E-state index in [1.54, 1.807) is 6.20 Å². The van der Waals surface area contributed by atoms with Crippen LogP contribution in [0.15, 0.2) is 66.9 Å². The molecule has 192 valence electrons. The summed E-state index contributed by atoms with van der Waals surface area (Å²) in [6.07, 6.45) is 3.87.